The zero-order valence-corrected chi connectivity index (χ0v) is 10.3. The van der Waals surface area contributed by atoms with Crippen LogP contribution >= 0.6 is 0 Å². The summed E-state index contributed by atoms with van der Waals surface area (Å²) in [4.78, 5) is 12.7. The van der Waals surface area contributed by atoms with Gasteiger partial charge in [-0.05, 0) is 24.6 Å². The van der Waals surface area contributed by atoms with Crippen LogP contribution in [0.15, 0.2) is 12.1 Å². The molecular formula is C12H17F2NO. The number of aryl methyl sites for hydroxylation is 1. The summed E-state index contributed by atoms with van der Waals surface area (Å²) < 4.78 is 25.8. The smallest absolute Gasteiger partial charge is 0.253 e. The minimum absolute atomic E-state index is 0.134. The van der Waals surface area contributed by atoms with E-state index < -0.39 is 11.6 Å². The molecule has 0 aromatic heterocycles. The van der Waals surface area contributed by atoms with Crippen molar-refractivity contribution in [2.24, 2.45) is 0 Å². The Labute approximate surface area is 94.9 Å². The van der Waals surface area contributed by atoms with Gasteiger partial charge in [0.25, 0.3) is 5.91 Å². The number of carbonyl (C=O) groups is 1. The van der Waals surface area contributed by atoms with Crippen molar-refractivity contribution in [3.63, 3.8) is 0 Å². The van der Waals surface area contributed by atoms with Gasteiger partial charge in [-0.1, -0.05) is 13.8 Å². The van der Waals surface area contributed by atoms with Crippen LogP contribution in [0.3, 0.4) is 0 Å². The molecule has 4 heteroatoms. The Balaban J connectivity index is 0.00000106. The Morgan fingerprint density at radius 2 is 1.69 bits per heavy atom. The number of rotatable bonds is 1. The van der Waals surface area contributed by atoms with Crippen molar-refractivity contribution in [2.45, 2.75) is 20.8 Å². The van der Waals surface area contributed by atoms with Gasteiger partial charge < -0.3 is 4.90 Å². The van der Waals surface area contributed by atoms with Crippen LogP contribution in [0.1, 0.15) is 29.8 Å². The Hall–Kier alpha value is -1.45. The van der Waals surface area contributed by atoms with E-state index in [1.165, 1.54) is 17.9 Å². The molecule has 0 unspecified atom stereocenters. The molecule has 0 aliphatic carbocycles. The summed E-state index contributed by atoms with van der Waals surface area (Å²) >= 11 is 0. The Morgan fingerprint density at radius 3 is 2.06 bits per heavy atom. The lowest BCUT2D eigenvalue weighted by molar-refractivity contribution is 0.0827. The maximum absolute atomic E-state index is 12.9. The van der Waals surface area contributed by atoms with E-state index in [0.717, 1.165) is 6.07 Å². The molecule has 0 atom stereocenters. The van der Waals surface area contributed by atoms with Crippen LogP contribution in [-0.4, -0.2) is 24.9 Å². The highest BCUT2D eigenvalue weighted by Gasteiger charge is 2.13. The van der Waals surface area contributed by atoms with E-state index in [-0.39, 0.29) is 17.0 Å². The van der Waals surface area contributed by atoms with Crippen molar-refractivity contribution in [1.82, 2.24) is 4.90 Å². The van der Waals surface area contributed by atoms with E-state index in [9.17, 15) is 13.6 Å². The molecule has 0 spiro atoms. The zero-order valence-electron chi connectivity index (χ0n) is 10.3. The monoisotopic (exact) mass is 229 g/mol. The van der Waals surface area contributed by atoms with E-state index >= 15 is 0 Å². The molecule has 2 nitrogen and oxygen atoms in total. The highest BCUT2D eigenvalue weighted by molar-refractivity contribution is 5.94. The second-order valence-electron chi connectivity index (χ2n) is 3.29. The number of carbonyl (C=O) groups excluding carboxylic acids is 1. The van der Waals surface area contributed by atoms with Crippen LogP contribution in [0.2, 0.25) is 0 Å². The first-order chi connectivity index (χ1) is 7.43. The van der Waals surface area contributed by atoms with Crippen molar-refractivity contribution in [2.75, 3.05) is 14.1 Å². The molecule has 1 rings (SSSR count). The molecule has 0 saturated heterocycles. The minimum Gasteiger partial charge on any atom is -0.345 e. The zero-order chi connectivity index (χ0) is 12.9. The molecule has 1 aromatic carbocycles. The molecule has 16 heavy (non-hydrogen) atoms. The van der Waals surface area contributed by atoms with Crippen LogP contribution in [-0.2, 0) is 0 Å². The Morgan fingerprint density at radius 1 is 1.19 bits per heavy atom. The summed E-state index contributed by atoms with van der Waals surface area (Å²) in [6.07, 6.45) is 0. The van der Waals surface area contributed by atoms with Crippen molar-refractivity contribution in [3.05, 3.63) is 34.9 Å². The maximum atomic E-state index is 12.9. The van der Waals surface area contributed by atoms with Gasteiger partial charge in [-0.3, -0.25) is 4.79 Å². The van der Waals surface area contributed by atoms with Gasteiger partial charge in [-0.15, -0.1) is 0 Å². The highest BCUT2D eigenvalue weighted by atomic mass is 19.2. The Kier molecular flexibility index (Phi) is 5.64. The third-order valence-corrected chi connectivity index (χ3v) is 1.86. The number of hydrogen-bond donors (Lipinski definition) is 0. The second kappa shape index (κ2) is 6.20. The fraction of sp³-hybridized carbons (Fsp3) is 0.417. The van der Waals surface area contributed by atoms with Crippen molar-refractivity contribution < 1.29 is 13.6 Å². The summed E-state index contributed by atoms with van der Waals surface area (Å²) in [6, 6.07) is 2.24. The average molecular weight is 229 g/mol. The van der Waals surface area contributed by atoms with Crippen LogP contribution in [0, 0.1) is 18.6 Å². The van der Waals surface area contributed by atoms with Gasteiger partial charge in [0.15, 0.2) is 11.6 Å². The lowest BCUT2D eigenvalue weighted by Crippen LogP contribution is -2.22. The van der Waals surface area contributed by atoms with E-state index in [0.29, 0.717) is 0 Å². The Bertz CT molecular complexity index is 352. The molecule has 1 aromatic rings. The van der Waals surface area contributed by atoms with Crippen molar-refractivity contribution in [1.29, 1.82) is 0 Å². The van der Waals surface area contributed by atoms with Crippen LogP contribution in [0.4, 0.5) is 8.78 Å². The quantitative estimate of drug-likeness (QED) is 0.725. The average Bonchev–Trinajstić information content (AvgIpc) is 2.26. The fourth-order valence-corrected chi connectivity index (χ4v) is 1.11. The van der Waals surface area contributed by atoms with E-state index in [2.05, 4.69) is 0 Å². The molecule has 0 saturated carbocycles. The highest BCUT2D eigenvalue weighted by Crippen LogP contribution is 2.14. The largest absolute Gasteiger partial charge is 0.345 e. The molecule has 1 amide bonds. The minimum atomic E-state index is -0.991. The number of benzene rings is 1. The topological polar surface area (TPSA) is 20.3 Å². The van der Waals surface area contributed by atoms with E-state index in [1.54, 1.807) is 14.1 Å². The first kappa shape index (κ1) is 14.6. The number of amides is 1. The summed E-state index contributed by atoms with van der Waals surface area (Å²) in [5.41, 5.74) is 0.293. The first-order valence-corrected chi connectivity index (χ1v) is 5.10. The summed E-state index contributed by atoms with van der Waals surface area (Å²) in [6.45, 7) is 5.42. The molecule has 0 bridgehead atoms. The van der Waals surface area contributed by atoms with Crippen LogP contribution in [0.5, 0.6) is 0 Å². The summed E-state index contributed by atoms with van der Waals surface area (Å²) in [5, 5.41) is 0. The van der Waals surface area contributed by atoms with Crippen LogP contribution in [0.25, 0.3) is 0 Å². The standard InChI is InChI=1S/C10H11F2NO.C2H6/c1-6-4-7(10(14)13(2)3)5-8(11)9(6)12;1-2/h4-5H,1-3H3;1-2H3. The van der Waals surface area contributed by atoms with Gasteiger partial charge in [0, 0.05) is 19.7 Å². The SMILES string of the molecule is CC.Cc1cc(C(=O)N(C)C)cc(F)c1F. The van der Waals surface area contributed by atoms with Crippen molar-refractivity contribution >= 4 is 5.91 Å². The fourth-order valence-electron chi connectivity index (χ4n) is 1.11. The first-order valence-electron chi connectivity index (χ1n) is 5.10. The van der Waals surface area contributed by atoms with Gasteiger partial charge >= 0.3 is 0 Å². The van der Waals surface area contributed by atoms with Crippen LogP contribution < -0.4 is 0 Å². The molecule has 0 heterocycles. The molecule has 0 aliphatic rings. The molecule has 0 radical (unpaired) electrons. The molecule has 0 fully saturated rings. The number of hydrogen-bond acceptors (Lipinski definition) is 1. The van der Waals surface area contributed by atoms with Gasteiger partial charge in [0.2, 0.25) is 0 Å². The number of nitrogens with zero attached hydrogens (tertiary/aromatic N) is 1. The number of halogens is 2. The lowest BCUT2D eigenvalue weighted by atomic mass is 10.1. The van der Waals surface area contributed by atoms with Crippen molar-refractivity contribution in [3.8, 4) is 0 Å². The molecule has 0 N–H and O–H groups in total. The van der Waals surface area contributed by atoms with Gasteiger partial charge in [0.1, 0.15) is 0 Å². The molecule has 90 valence electrons. The molecule has 0 aliphatic heterocycles. The summed E-state index contributed by atoms with van der Waals surface area (Å²) in [5.74, 6) is -2.23. The van der Waals surface area contributed by atoms with E-state index in [4.69, 9.17) is 0 Å². The van der Waals surface area contributed by atoms with Gasteiger partial charge in [0.05, 0.1) is 0 Å². The lowest BCUT2D eigenvalue weighted by Gasteiger charge is -2.11. The van der Waals surface area contributed by atoms with Gasteiger partial charge in [-0.25, -0.2) is 8.78 Å². The normalized spacial score (nSPS) is 9.19. The maximum Gasteiger partial charge on any atom is 0.253 e. The molecular weight excluding hydrogens is 212 g/mol. The van der Waals surface area contributed by atoms with Gasteiger partial charge in [-0.2, -0.15) is 0 Å². The summed E-state index contributed by atoms with van der Waals surface area (Å²) in [7, 11) is 3.11. The third-order valence-electron chi connectivity index (χ3n) is 1.86. The van der Waals surface area contributed by atoms with E-state index in [1.807, 2.05) is 13.8 Å². The predicted octanol–water partition coefficient (Wildman–Crippen LogP) is 3.00. The predicted molar refractivity (Wildman–Crippen MR) is 60.5 cm³/mol. The third kappa shape index (κ3) is 3.29. The second-order valence-corrected chi connectivity index (χ2v) is 3.29.